The van der Waals surface area contributed by atoms with Gasteiger partial charge < -0.3 is 9.47 Å². The Kier molecular flexibility index (Phi) is 3.76. The Hall–Kier alpha value is -1.06. The molecule has 3 nitrogen and oxygen atoms in total. The molecule has 1 aromatic carbocycles. The van der Waals surface area contributed by atoms with Gasteiger partial charge in [0, 0.05) is 36.0 Å². The molecule has 1 saturated heterocycles. The normalized spacial score (nSPS) is 21.8. The van der Waals surface area contributed by atoms with Gasteiger partial charge in [0.25, 0.3) is 0 Å². The molecule has 0 aliphatic carbocycles. The molecule has 19 heavy (non-hydrogen) atoms. The lowest BCUT2D eigenvalue weighted by Gasteiger charge is -2.21. The molecule has 2 aliphatic heterocycles. The highest BCUT2D eigenvalue weighted by atomic mass is 35.5. The highest BCUT2D eigenvalue weighted by molar-refractivity contribution is 6.30. The first kappa shape index (κ1) is 12.9. The Labute approximate surface area is 117 Å². The summed E-state index contributed by atoms with van der Waals surface area (Å²) in [6.07, 6.45) is 3.18. The fourth-order valence-electron chi connectivity index (χ4n) is 2.80. The van der Waals surface area contributed by atoms with Gasteiger partial charge in [-0.1, -0.05) is 11.6 Å². The largest absolute Gasteiger partial charge is 0.493 e. The van der Waals surface area contributed by atoms with Gasteiger partial charge in [0.05, 0.1) is 13.2 Å². The summed E-state index contributed by atoms with van der Waals surface area (Å²) in [5, 5.41) is 0.687. The predicted molar refractivity (Wildman–Crippen MR) is 72.9 cm³/mol. The molecule has 2 aliphatic rings. The van der Waals surface area contributed by atoms with E-state index in [4.69, 9.17) is 21.1 Å². The smallest absolute Gasteiger partial charge is 0.142 e. The van der Waals surface area contributed by atoms with Gasteiger partial charge in [-0.2, -0.15) is 0 Å². The number of hydrogen-bond donors (Lipinski definition) is 0. The van der Waals surface area contributed by atoms with Crippen LogP contribution in [0, 0.1) is 5.92 Å². The van der Waals surface area contributed by atoms with Crippen molar-refractivity contribution in [1.82, 2.24) is 0 Å². The first-order chi connectivity index (χ1) is 9.24. The van der Waals surface area contributed by atoms with E-state index in [0.717, 1.165) is 42.7 Å². The van der Waals surface area contributed by atoms with Crippen LogP contribution >= 0.6 is 11.6 Å². The van der Waals surface area contributed by atoms with Gasteiger partial charge in [-0.25, -0.2) is 0 Å². The van der Waals surface area contributed by atoms with Crippen LogP contribution in [0.3, 0.4) is 0 Å². The van der Waals surface area contributed by atoms with Crippen molar-refractivity contribution in [3.05, 3.63) is 28.3 Å². The van der Waals surface area contributed by atoms with E-state index >= 15 is 0 Å². The Morgan fingerprint density at radius 2 is 2.26 bits per heavy atom. The monoisotopic (exact) mass is 280 g/mol. The van der Waals surface area contributed by atoms with E-state index in [0.29, 0.717) is 24.7 Å². The van der Waals surface area contributed by atoms with Crippen molar-refractivity contribution in [1.29, 1.82) is 0 Å². The Morgan fingerprint density at radius 1 is 1.37 bits per heavy atom. The van der Waals surface area contributed by atoms with Crippen molar-refractivity contribution in [2.24, 2.45) is 5.92 Å². The zero-order valence-corrected chi connectivity index (χ0v) is 11.5. The van der Waals surface area contributed by atoms with E-state index in [2.05, 4.69) is 0 Å². The fraction of sp³-hybridized carbons (Fsp3) is 0.533. The van der Waals surface area contributed by atoms with E-state index < -0.39 is 0 Å². The third-order valence-corrected chi connectivity index (χ3v) is 4.02. The van der Waals surface area contributed by atoms with Crippen molar-refractivity contribution in [3.8, 4) is 5.75 Å². The molecule has 0 radical (unpaired) electrons. The second-order valence-corrected chi connectivity index (χ2v) is 5.65. The first-order valence-electron chi connectivity index (χ1n) is 6.78. The summed E-state index contributed by atoms with van der Waals surface area (Å²) >= 11 is 6.11. The van der Waals surface area contributed by atoms with Gasteiger partial charge in [0.1, 0.15) is 11.5 Å². The van der Waals surface area contributed by atoms with E-state index in [1.54, 1.807) is 0 Å². The van der Waals surface area contributed by atoms with Gasteiger partial charge in [0.2, 0.25) is 0 Å². The summed E-state index contributed by atoms with van der Waals surface area (Å²) < 4.78 is 11.0. The van der Waals surface area contributed by atoms with E-state index in [-0.39, 0.29) is 11.7 Å². The van der Waals surface area contributed by atoms with Gasteiger partial charge in [-0.15, -0.1) is 0 Å². The quantitative estimate of drug-likeness (QED) is 0.854. The highest BCUT2D eigenvalue weighted by Gasteiger charge is 2.25. The molecule has 1 fully saturated rings. The number of ketones is 1. The zero-order valence-electron chi connectivity index (χ0n) is 10.8. The average molecular weight is 281 g/mol. The maximum Gasteiger partial charge on any atom is 0.142 e. The summed E-state index contributed by atoms with van der Waals surface area (Å²) in [4.78, 5) is 12.3. The van der Waals surface area contributed by atoms with Crippen LogP contribution in [0.4, 0.5) is 0 Å². The van der Waals surface area contributed by atoms with E-state index in [1.165, 1.54) is 0 Å². The van der Waals surface area contributed by atoms with Crippen LogP contribution < -0.4 is 4.74 Å². The molecule has 0 bridgehead atoms. The molecule has 0 aromatic heterocycles. The molecular weight excluding hydrogens is 264 g/mol. The number of rotatable bonds is 3. The highest BCUT2D eigenvalue weighted by Crippen LogP contribution is 2.33. The fourth-order valence-corrected chi connectivity index (χ4v) is 3.07. The van der Waals surface area contributed by atoms with Crippen molar-refractivity contribution in [2.45, 2.75) is 25.7 Å². The molecular formula is C15H17ClO3. The van der Waals surface area contributed by atoms with Crippen LogP contribution in [0.2, 0.25) is 5.02 Å². The molecule has 102 valence electrons. The molecule has 1 atom stereocenters. The van der Waals surface area contributed by atoms with Crippen LogP contribution in [0.1, 0.15) is 24.0 Å². The Bertz CT molecular complexity index is 492. The number of carbonyl (C=O) groups excluding carboxylic acids is 1. The molecule has 0 saturated carbocycles. The van der Waals surface area contributed by atoms with Crippen LogP contribution in [0.15, 0.2) is 12.1 Å². The summed E-state index contributed by atoms with van der Waals surface area (Å²) in [5.41, 5.74) is 2.05. The van der Waals surface area contributed by atoms with Crippen molar-refractivity contribution >= 4 is 17.4 Å². The molecule has 2 heterocycles. The summed E-state index contributed by atoms with van der Waals surface area (Å²) in [6, 6.07) is 3.79. The minimum atomic E-state index is 0.0322. The number of carbonyl (C=O) groups is 1. The third kappa shape index (κ3) is 2.77. The van der Waals surface area contributed by atoms with E-state index in [1.807, 2.05) is 12.1 Å². The number of hydrogen-bond acceptors (Lipinski definition) is 3. The van der Waals surface area contributed by atoms with Crippen LogP contribution in [-0.2, 0) is 22.4 Å². The number of fused-ring (bicyclic) bond motifs is 1. The van der Waals surface area contributed by atoms with Gasteiger partial charge in [-0.3, -0.25) is 4.79 Å². The van der Waals surface area contributed by atoms with Crippen molar-refractivity contribution in [3.63, 3.8) is 0 Å². The Morgan fingerprint density at radius 3 is 3.05 bits per heavy atom. The molecule has 1 aromatic rings. The molecule has 1 unspecified atom stereocenters. The number of benzene rings is 1. The SMILES string of the molecule is O=C(Cc1cc(Cl)cc2c1OCC2)C1CCCOC1. The van der Waals surface area contributed by atoms with Gasteiger partial charge in [-0.05, 0) is 30.5 Å². The maximum atomic E-state index is 12.3. The van der Waals surface area contributed by atoms with Gasteiger partial charge in [0.15, 0.2) is 0 Å². The standard InChI is InChI=1S/C15H17ClO3/c16-13-6-10-3-5-19-15(10)12(7-13)8-14(17)11-2-1-4-18-9-11/h6-7,11H,1-5,8-9H2. The molecule has 3 rings (SSSR count). The molecule has 0 spiro atoms. The zero-order chi connectivity index (χ0) is 13.2. The third-order valence-electron chi connectivity index (χ3n) is 3.81. The Balaban J connectivity index is 1.77. The second-order valence-electron chi connectivity index (χ2n) is 5.21. The molecule has 0 amide bonds. The maximum absolute atomic E-state index is 12.3. The average Bonchev–Trinajstić information content (AvgIpc) is 2.88. The van der Waals surface area contributed by atoms with Crippen molar-refractivity contribution < 1.29 is 14.3 Å². The number of Topliss-reactive ketones (excluding diaryl/α,β-unsaturated/α-hetero) is 1. The summed E-state index contributed by atoms with van der Waals surface area (Å²) in [7, 11) is 0. The van der Waals surface area contributed by atoms with Gasteiger partial charge >= 0.3 is 0 Å². The summed E-state index contributed by atoms with van der Waals surface area (Å²) in [5.74, 6) is 1.14. The van der Waals surface area contributed by atoms with Crippen molar-refractivity contribution in [2.75, 3.05) is 19.8 Å². The lowest BCUT2D eigenvalue weighted by Crippen LogP contribution is -2.26. The first-order valence-corrected chi connectivity index (χ1v) is 7.16. The topological polar surface area (TPSA) is 35.5 Å². The van der Waals surface area contributed by atoms with Crippen LogP contribution in [-0.4, -0.2) is 25.6 Å². The lowest BCUT2D eigenvalue weighted by atomic mass is 9.92. The second kappa shape index (κ2) is 5.51. The minimum Gasteiger partial charge on any atom is -0.493 e. The predicted octanol–water partition coefficient (Wildman–Crippen LogP) is 2.81. The number of halogens is 1. The van der Waals surface area contributed by atoms with Crippen LogP contribution in [0.5, 0.6) is 5.75 Å². The minimum absolute atomic E-state index is 0.0322. The number of ether oxygens (including phenoxy) is 2. The van der Waals surface area contributed by atoms with Crippen LogP contribution in [0.25, 0.3) is 0 Å². The summed E-state index contributed by atoms with van der Waals surface area (Å²) in [6.45, 7) is 2.02. The molecule has 4 heteroatoms. The molecule has 0 N–H and O–H groups in total. The lowest BCUT2D eigenvalue weighted by molar-refractivity contribution is -0.126. The van der Waals surface area contributed by atoms with E-state index in [9.17, 15) is 4.79 Å².